The number of aliphatic carboxylic acids is 2. The van der Waals surface area contributed by atoms with Crippen LogP contribution >= 0.6 is 0 Å². The third-order valence-electron chi connectivity index (χ3n) is 9.98. The fourth-order valence-electron chi connectivity index (χ4n) is 7.52. The Hall–Kier alpha value is -3.66. The molecule has 6 aromatic rings. The second kappa shape index (κ2) is 24.4. The number of carboxylic acids is 2. The van der Waals surface area contributed by atoms with Crippen LogP contribution in [0, 0.1) is 11.6 Å². The largest absolute Gasteiger partial charge is 2.00 e. The van der Waals surface area contributed by atoms with Gasteiger partial charge in [-0.2, -0.15) is 0 Å². The Balaban J connectivity index is 0.000000320. The Morgan fingerprint density at radius 2 is 0.903 bits per heavy atom. The number of aromatic nitrogens is 2. The molecule has 0 saturated carbocycles. The molecule has 0 spiro atoms. The van der Waals surface area contributed by atoms with Crippen molar-refractivity contribution in [2.75, 3.05) is 0 Å². The summed E-state index contributed by atoms with van der Waals surface area (Å²) in [7, 11) is 0. The van der Waals surface area contributed by atoms with Crippen LogP contribution in [0.1, 0.15) is 76.8 Å². The van der Waals surface area contributed by atoms with Crippen LogP contribution in [0.25, 0.3) is 56.2 Å². The number of carbonyl (C=O) groups excluding carboxylic acids is 2. The number of nitrogens with zero attached hydrogens (tertiary/aromatic N) is 2. The number of benzene rings is 4. The van der Waals surface area contributed by atoms with Gasteiger partial charge >= 0.3 is 67.3 Å². The fourth-order valence-corrected chi connectivity index (χ4v) is 7.52. The van der Waals surface area contributed by atoms with E-state index in [2.05, 4.69) is 36.8 Å². The summed E-state index contributed by atoms with van der Waals surface area (Å²) in [6.07, 6.45) is 0.899. The van der Waals surface area contributed by atoms with Gasteiger partial charge in [-0.05, 0) is 87.4 Å². The van der Waals surface area contributed by atoms with Crippen LogP contribution in [0.4, 0.5) is 8.78 Å². The molecule has 4 aromatic carbocycles. The predicted molar refractivity (Wildman–Crippen MR) is 232 cm³/mol. The molecule has 62 heavy (non-hydrogen) atoms. The quantitative estimate of drug-likeness (QED) is 0.108. The molecule has 0 aliphatic carbocycles. The van der Waals surface area contributed by atoms with Gasteiger partial charge < -0.3 is 49.4 Å². The summed E-state index contributed by atoms with van der Waals surface area (Å²) in [4.78, 5) is 21.2. The second-order valence-corrected chi connectivity index (χ2v) is 15.3. The minimum absolute atomic E-state index is 0. The SMILES string of the molecule is CC(C)n1c(/C=C/[C@@H](O)C[C@@H](O)CC(=O)[O-])c(-c2ccc(F)cc2)c2ccccc21.CC(C)n1c(/C=C/[C@@H](O)C[C@@H](O)CC(=O)[O-])c(-c2ccc(F)cc2)c2ccccc21.[Ca+2].[Na+]. The van der Waals surface area contributed by atoms with E-state index in [1.165, 1.54) is 24.3 Å². The van der Waals surface area contributed by atoms with E-state index in [-0.39, 0.29) is 104 Å². The van der Waals surface area contributed by atoms with Crippen LogP contribution in [0.15, 0.2) is 109 Å². The number of hydrogen-bond acceptors (Lipinski definition) is 8. The van der Waals surface area contributed by atoms with Crippen molar-refractivity contribution in [3.63, 3.8) is 0 Å². The minimum atomic E-state index is -1.36. The standard InChI is InChI=1S/2C24H26FNO4.Ca.Na/c2*1-15(2)26-21-6-4-3-5-20(21)24(16-7-9-17(25)10-8-16)22(26)12-11-18(27)13-19(28)14-23(29)30;;/h2*3-12,15,18-19,27-28H,13-14H2,1-2H3,(H,29,30);;/q;;+2;+1/p-2/b2*12-11+;;/t2*18-,19-;;/m11../s1. The Morgan fingerprint density at radius 3 is 1.21 bits per heavy atom. The molecular formula is C48H50CaF2N2NaO8+. The van der Waals surface area contributed by atoms with Crippen LogP contribution in [0.5, 0.6) is 0 Å². The van der Waals surface area contributed by atoms with Gasteiger partial charge in [-0.1, -0.05) is 72.8 Å². The topological polar surface area (TPSA) is 171 Å². The van der Waals surface area contributed by atoms with E-state index in [1.807, 2.05) is 48.5 Å². The first kappa shape index (κ1) is 52.7. The number of carboxylic acid groups (broad SMARTS) is 2. The average Bonchev–Trinajstić information content (AvgIpc) is 3.69. The third kappa shape index (κ3) is 13.7. The summed E-state index contributed by atoms with van der Waals surface area (Å²) in [5.41, 5.74) is 7.22. The summed E-state index contributed by atoms with van der Waals surface area (Å²) in [5.74, 6) is -3.36. The minimum Gasteiger partial charge on any atom is -0.550 e. The predicted octanol–water partition coefficient (Wildman–Crippen LogP) is 3.21. The molecule has 0 saturated heterocycles. The summed E-state index contributed by atoms with van der Waals surface area (Å²) >= 11 is 0. The zero-order chi connectivity index (χ0) is 43.7. The van der Waals surface area contributed by atoms with E-state index in [9.17, 15) is 49.0 Å². The zero-order valence-corrected chi connectivity index (χ0v) is 39.8. The van der Waals surface area contributed by atoms with Gasteiger partial charge in [-0.3, -0.25) is 0 Å². The van der Waals surface area contributed by atoms with Crippen molar-refractivity contribution < 1.29 is 78.6 Å². The smallest absolute Gasteiger partial charge is 0.550 e. The first-order valence-corrected chi connectivity index (χ1v) is 19.8. The Labute approximate surface area is 412 Å². The van der Waals surface area contributed by atoms with Gasteiger partial charge in [0.05, 0.1) is 24.4 Å². The third-order valence-corrected chi connectivity index (χ3v) is 9.98. The molecule has 0 fully saturated rings. The number of para-hydroxylation sites is 2. The van der Waals surface area contributed by atoms with Crippen LogP contribution in [-0.2, 0) is 9.59 Å². The molecule has 316 valence electrons. The van der Waals surface area contributed by atoms with E-state index in [1.54, 1.807) is 48.6 Å². The van der Waals surface area contributed by atoms with E-state index >= 15 is 0 Å². The number of hydrogen-bond donors (Lipinski definition) is 4. The van der Waals surface area contributed by atoms with Gasteiger partial charge in [0, 0.05) is 94.0 Å². The molecule has 0 unspecified atom stereocenters. The molecule has 0 amide bonds. The van der Waals surface area contributed by atoms with Crippen molar-refractivity contribution in [3.05, 3.63) is 132 Å². The van der Waals surface area contributed by atoms with Crippen LogP contribution in [0.3, 0.4) is 0 Å². The first-order chi connectivity index (χ1) is 28.5. The molecule has 2 aromatic heterocycles. The molecular weight excluding hydrogens is 834 g/mol. The summed E-state index contributed by atoms with van der Waals surface area (Å²) in [5, 5.41) is 63.3. The molecule has 10 nitrogen and oxygen atoms in total. The van der Waals surface area contributed by atoms with E-state index < -0.39 is 49.2 Å². The van der Waals surface area contributed by atoms with Gasteiger partial charge in [0.1, 0.15) is 11.6 Å². The van der Waals surface area contributed by atoms with Gasteiger partial charge in [0.2, 0.25) is 0 Å². The van der Waals surface area contributed by atoms with Crippen molar-refractivity contribution >= 4 is 83.6 Å². The van der Waals surface area contributed by atoms with E-state index in [4.69, 9.17) is 0 Å². The molecule has 0 bridgehead atoms. The maximum Gasteiger partial charge on any atom is 2.00 e. The van der Waals surface area contributed by atoms with Crippen molar-refractivity contribution in [1.29, 1.82) is 0 Å². The molecule has 2 heterocycles. The summed E-state index contributed by atoms with van der Waals surface area (Å²) in [6, 6.07) is 28.6. The Kier molecular flexibility index (Phi) is 20.7. The normalized spacial score (nSPS) is 13.5. The number of halogens is 2. The molecule has 0 aliphatic rings. The van der Waals surface area contributed by atoms with Gasteiger partial charge in [-0.15, -0.1) is 0 Å². The fraction of sp³-hybridized carbons (Fsp3) is 0.292. The molecule has 0 aliphatic heterocycles. The second-order valence-electron chi connectivity index (χ2n) is 15.3. The van der Waals surface area contributed by atoms with Crippen LogP contribution in [-0.4, -0.2) is 104 Å². The molecule has 4 N–H and O–H groups in total. The summed E-state index contributed by atoms with van der Waals surface area (Å²) < 4.78 is 31.3. The zero-order valence-electron chi connectivity index (χ0n) is 35.6. The maximum atomic E-state index is 13.5. The Bertz CT molecular complexity index is 2290. The van der Waals surface area contributed by atoms with Gasteiger partial charge in [-0.25, -0.2) is 8.78 Å². The van der Waals surface area contributed by atoms with E-state index in [0.717, 1.165) is 55.4 Å². The molecule has 6 rings (SSSR count). The summed E-state index contributed by atoms with van der Waals surface area (Å²) in [6.45, 7) is 8.22. The molecule has 4 atom stereocenters. The maximum absolute atomic E-state index is 13.5. The number of aliphatic hydroxyl groups is 4. The Morgan fingerprint density at radius 1 is 0.581 bits per heavy atom. The number of rotatable bonds is 16. The number of fused-ring (bicyclic) bond motifs is 2. The van der Waals surface area contributed by atoms with Crippen LogP contribution in [0.2, 0.25) is 0 Å². The number of carbonyl (C=O) groups is 2. The van der Waals surface area contributed by atoms with Crippen molar-refractivity contribution in [3.8, 4) is 22.3 Å². The molecule has 0 radical (unpaired) electrons. The first-order valence-electron chi connectivity index (χ1n) is 19.8. The van der Waals surface area contributed by atoms with Crippen LogP contribution < -0.4 is 39.8 Å². The van der Waals surface area contributed by atoms with Crippen molar-refractivity contribution in [2.45, 2.75) is 89.9 Å². The molecule has 14 heteroatoms. The monoisotopic (exact) mass is 883 g/mol. The van der Waals surface area contributed by atoms with Gasteiger partial charge in [0.15, 0.2) is 0 Å². The average molecular weight is 884 g/mol. The number of aliphatic hydroxyl groups excluding tert-OH is 4. The van der Waals surface area contributed by atoms with Crippen molar-refractivity contribution in [2.24, 2.45) is 0 Å². The van der Waals surface area contributed by atoms with Crippen molar-refractivity contribution in [1.82, 2.24) is 9.13 Å². The van der Waals surface area contributed by atoms with E-state index in [0.29, 0.717) is 0 Å². The van der Waals surface area contributed by atoms with Gasteiger partial charge in [0.25, 0.3) is 0 Å².